The van der Waals surface area contributed by atoms with E-state index in [-0.39, 0.29) is 30.8 Å². The number of benzene rings is 2. The number of ether oxygens (including phenoxy) is 1. The maximum Gasteiger partial charge on any atom is 0.242 e. The van der Waals surface area contributed by atoms with E-state index < -0.39 is 16.1 Å². The lowest BCUT2D eigenvalue weighted by Crippen LogP contribution is -2.49. The van der Waals surface area contributed by atoms with Gasteiger partial charge in [0.15, 0.2) is 0 Å². The molecule has 2 aromatic carbocycles. The monoisotopic (exact) mass is 529 g/mol. The van der Waals surface area contributed by atoms with E-state index in [1.807, 2.05) is 31.2 Å². The SMILES string of the molecule is COc1ccc(N(CCCC(=O)N(Cc2ccccc2C)[C@H](C)C(=O)NC2CCCC2)S(C)(=O)=O)cc1. The minimum Gasteiger partial charge on any atom is -0.497 e. The van der Waals surface area contributed by atoms with Crippen molar-refractivity contribution in [2.75, 3.05) is 24.2 Å². The van der Waals surface area contributed by atoms with Crippen molar-refractivity contribution >= 4 is 27.5 Å². The van der Waals surface area contributed by atoms with Crippen LogP contribution in [0.3, 0.4) is 0 Å². The summed E-state index contributed by atoms with van der Waals surface area (Å²) in [6, 6.07) is 14.1. The summed E-state index contributed by atoms with van der Waals surface area (Å²) < 4.78 is 31.4. The Hall–Kier alpha value is -3.07. The number of nitrogens with one attached hydrogen (secondary N) is 1. The highest BCUT2D eigenvalue weighted by molar-refractivity contribution is 7.92. The highest BCUT2D eigenvalue weighted by Crippen LogP contribution is 2.23. The molecule has 0 aliphatic heterocycles. The van der Waals surface area contributed by atoms with Crippen LogP contribution in [-0.2, 0) is 26.2 Å². The summed E-state index contributed by atoms with van der Waals surface area (Å²) in [6.45, 7) is 4.22. The van der Waals surface area contributed by atoms with E-state index >= 15 is 0 Å². The summed E-state index contributed by atoms with van der Waals surface area (Å²) >= 11 is 0. The highest BCUT2D eigenvalue weighted by atomic mass is 32.2. The first kappa shape index (κ1) is 28.5. The fourth-order valence-electron chi connectivity index (χ4n) is 4.70. The molecule has 1 aliphatic rings. The third-order valence-electron chi connectivity index (χ3n) is 6.98. The number of amides is 2. The molecule has 1 saturated carbocycles. The van der Waals surface area contributed by atoms with Gasteiger partial charge in [-0.3, -0.25) is 13.9 Å². The van der Waals surface area contributed by atoms with Gasteiger partial charge in [-0.25, -0.2) is 8.42 Å². The number of carbonyl (C=O) groups excluding carboxylic acids is 2. The van der Waals surface area contributed by atoms with Crippen LogP contribution >= 0.6 is 0 Å². The van der Waals surface area contributed by atoms with Crippen molar-refractivity contribution in [2.24, 2.45) is 0 Å². The van der Waals surface area contributed by atoms with Gasteiger partial charge in [-0.1, -0.05) is 37.1 Å². The number of carbonyl (C=O) groups is 2. The van der Waals surface area contributed by atoms with Crippen LogP contribution in [0, 0.1) is 6.92 Å². The number of hydrogen-bond donors (Lipinski definition) is 1. The van der Waals surface area contributed by atoms with Crippen LogP contribution in [0.15, 0.2) is 48.5 Å². The zero-order chi connectivity index (χ0) is 27.0. The fraction of sp³-hybridized carbons (Fsp3) is 0.500. The summed E-state index contributed by atoms with van der Waals surface area (Å²) in [5.41, 5.74) is 2.54. The molecule has 1 atom stereocenters. The number of methoxy groups -OCH3 is 1. The Morgan fingerprint density at radius 3 is 2.32 bits per heavy atom. The molecule has 2 amide bonds. The Bertz CT molecular complexity index is 1160. The average molecular weight is 530 g/mol. The fourth-order valence-corrected chi connectivity index (χ4v) is 5.66. The van der Waals surface area contributed by atoms with Gasteiger partial charge < -0.3 is 15.0 Å². The molecular weight excluding hydrogens is 490 g/mol. The maximum absolute atomic E-state index is 13.5. The van der Waals surface area contributed by atoms with Crippen LogP contribution in [0.4, 0.5) is 5.69 Å². The summed E-state index contributed by atoms with van der Waals surface area (Å²) in [6.07, 6.45) is 5.74. The number of sulfonamides is 1. The van der Waals surface area contributed by atoms with E-state index in [0.717, 1.165) is 43.1 Å². The Morgan fingerprint density at radius 1 is 1.08 bits per heavy atom. The van der Waals surface area contributed by atoms with Crippen molar-refractivity contribution in [2.45, 2.75) is 71.0 Å². The Kier molecular flexibility index (Phi) is 9.97. The maximum atomic E-state index is 13.5. The first-order chi connectivity index (χ1) is 17.6. The van der Waals surface area contributed by atoms with Gasteiger partial charge in [0.2, 0.25) is 21.8 Å². The third kappa shape index (κ3) is 7.95. The minimum absolute atomic E-state index is 0.120. The second-order valence-corrected chi connectivity index (χ2v) is 11.7. The van der Waals surface area contributed by atoms with Gasteiger partial charge >= 0.3 is 0 Å². The summed E-state index contributed by atoms with van der Waals surface area (Å²) in [5, 5.41) is 3.11. The van der Waals surface area contributed by atoms with Crippen molar-refractivity contribution in [1.82, 2.24) is 10.2 Å². The van der Waals surface area contributed by atoms with Crippen molar-refractivity contribution in [1.29, 1.82) is 0 Å². The zero-order valence-corrected chi connectivity index (χ0v) is 23.1. The molecular formula is C28H39N3O5S. The minimum atomic E-state index is -3.55. The second kappa shape index (κ2) is 12.9. The molecule has 202 valence electrons. The zero-order valence-electron chi connectivity index (χ0n) is 22.3. The van der Waals surface area contributed by atoms with Gasteiger partial charge in [0.1, 0.15) is 11.8 Å². The van der Waals surface area contributed by atoms with Gasteiger partial charge in [0.05, 0.1) is 19.1 Å². The normalized spacial score (nSPS) is 14.7. The average Bonchev–Trinajstić information content (AvgIpc) is 3.38. The Labute approximate surface area is 221 Å². The second-order valence-electron chi connectivity index (χ2n) is 9.75. The first-order valence-corrected chi connectivity index (χ1v) is 14.7. The largest absolute Gasteiger partial charge is 0.497 e. The lowest BCUT2D eigenvalue weighted by molar-refractivity contribution is -0.141. The third-order valence-corrected chi connectivity index (χ3v) is 8.18. The van der Waals surface area contributed by atoms with E-state index in [2.05, 4.69) is 5.32 Å². The van der Waals surface area contributed by atoms with Crippen molar-refractivity contribution in [3.05, 3.63) is 59.7 Å². The molecule has 0 saturated heterocycles. The van der Waals surface area contributed by atoms with Crippen LogP contribution in [0.25, 0.3) is 0 Å². The van der Waals surface area contributed by atoms with Crippen molar-refractivity contribution < 1.29 is 22.7 Å². The van der Waals surface area contributed by atoms with Crippen molar-refractivity contribution in [3.63, 3.8) is 0 Å². The predicted octanol–water partition coefficient (Wildman–Crippen LogP) is 4.03. The molecule has 1 N–H and O–H groups in total. The molecule has 1 aliphatic carbocycles. The van der Waals surface area contributed by atoms with Crippen LogP contribution in [0.2, 0.25) is 0 Å². The van der Waals surface area contributed by atoms with Crippen LogP contribution < -0.4 is 14.4 Å². The van der Waals surface area contributed by atoms with E-state index in [1.54, 1.807) is 43.2 Å². The number of hydrogen-bond acceptors (Lipinski definition) is 5. The van der Waals surface area contributed by atoms with E-state index in [4.69, 9.17) is 4.74 Å². The van der Waals surface area contributed by atoms with Crippen LogP contribution in [0.1, 0.15) is 56.6 Å². The Morgan fingerprint density at radius 2 is 1.73 bits per heavy atom. The summed E-state index contributed by atoms with van der Waals surface area (Å²) in [4.78, 5) is 28.1. The molecule has 0 heterocycles. The molecule has 8 nitrogen and oxygen atoms in total. The van der Waals surface area contributed by atoms with Gasteiger partial charge in [-0.05, 0) is 68.5 Å². The topological polar surface area (TPSA) is 96.0 Å². The molecule has 2 aromatic rings. The van der Waals surface area contributed by atoms with Crippen LogP contribution in [0.5, 0.6) is 5.75 Å². The number of nitrogens with zero attached hydrogens (tertiary/aromatic N) is 2. The van der Waals surface area contributed by atoms with E-state index in [1.165, 1.54) is 4.31 Å². The summed E-state index contributed by atoms with van der Waals surface area (Å²) in [5.74, 6) is 0.300. The van der Waals surface area contributed by atoms with Gasteiger partial charge in [-0.15, -0.1) is 0 Å². The molecule has 0 radical (unpaired) electrons. The standard InChI is InChI=1S/C28H39N3O5S/c1-21-10-5-6-11-23(21)20-30(22(2)28(33)29-24-12-7-8-13-24)27(32)14-9-19-31(37(4,34)35)25-15-17-26(36-3)18-16-25/h5-6,10-11,15-18,22,24H,7-9,12-14,19-20H2,1-4H3,(H,29,33)/t22-/m1/s1. The predicted molar refractivity (Wildman–Crippen MR) is 146 cm³/mol. The highest BCUT2D eigenvalue weighted by Gasteiger charge is 2.29. The lowest BCUT2D eigenvalue weighted by Gasteiger charge is -2.30. The molecule has 0 aromatic heterocycles. The Balaban J connectivity index is 1.72. The van der Waals surface area contributed by atoms with E-state index in [9.17, 15) is 18.0 Å². The van der Waals surface area contributed by atoms with E-state index in [0.29, 0.717) is 24.4 Å². The molecule has 1 fully saturated rings. The molecule has 37 heavy (non-hydrogen) atoms. The first-order valence-electron chi connectivity index (χ1n) is 12.9. The van der Waals surface area contributed by atoms with Crippen LogP contribution in [-0.4, -0.2) is 57.1 Å². The number of aryl methyl sites for hydroxylation is 1. The number of rotatable bonds is 12. The molecule has 0 unspecified atom stereocenters. The molecule has 3 rings (SSSR count). The summed E-state index contributed by atoms with van der Waals surface area (Å²) in [7, 11) is -2.00. The quantitative estimate of drug-likeness (QED) is 0.448. The van der Waals surface area contributed by atoms with Gasteiger partial charge in [0.25, 0.3) is 0 Å². The molecule has 0 bridgehead atoms. The van der Waals surface area contributed by atoms with Crippen molar-refractivity contribution in [3.8, 4) is 5.75 Å². The number of anilines is 1. The van der Waals surface area contributed by atoms with Gasteiger partial charge in [-0.2, -0.15) is 0 Å². The molecule has 0 spiro atoms. The van der Waals surface area contributed by atoms with Gasteiger partial charge in [0, 0.05) is 25.6 Å². The molecule has 9 heteroatoms. The lowest BCUT2D eigenvalue weighted by atomic mass is 10.1. The smallest absolute Gasteiger partial charge is 0.242 e.